The van der Waals surface area contributed by atoms with Gasteiger partial charge in [0.2, 0.25) is 0 Å². The number of fused-ring (bicyclic) bond motifs is 2. The van der Waals surface area contributed by atoms with Crippen LogP contribution in [0.25, 0.3) is 11.0 Å². The second-order valence-electron chi connectivity index (χ2n) is 6.67. The molecule has 0 aliphatic carbocycles. The highest BCUT2D eigenvalue weighted by Crippen LogP contribution is 2.31. The molecule has 0 saturated heterocycles. The third-order valence-electron chi connectivity index (χ3n) is 4.77. The van der Waals surface area contributed by atoms with Gasteiger partial charge in [0.25, 0.3) is 5.91 Å². The van der Waals surface area contributed by atoms with Gasteiger partial charge in [-0.2, -0.15) is 0 Å². The van der Waals surface area contributed by atoms with Gasteiger partial charge in [0.1, 0.15) is 23.7 Å². The lowest BCUT2D eigenvalue weighted by Gasteiger charge is -2.28. The molecule has 0 saturated carbocycles. The molecule has 8 heteroatoms. The summed E-state index contributed by atoms with van der Waals surface area (Å²) in [6, 6.07) is 13.5. The van der Waals surface area contributed by atoms with E-state index < -0.39 is 11.6 Å². The molecule has 30 heavy (non-hydrogen) atoms. The van der Waals surface area contributed by atoms with Crippen molar-refractivity contribution in [3.05, 3.63) is 64.5 Å². The van der Waals surface area contributed by atoms with Crippen LogP contribution in [0.2, 0.25) is 0 Å². The van der Waals surface area contributed by atoms with Crippen LogP contribution in [0.15, 0.2) is 57.7 Å². The van der Waals surface area contributed by atoms with E-state index in [1.165, 1.54) is 18.1 Å². The molecule has 0 radical (unpaired) electrons. The smallest absolute Gasteiger partial charge is 0.336 e. The average Bonchev–Trinajstić information content (AvgIpc) is 2.76. The molecule has 154 valence electrons. The highest BCUT2D eigenvalue weighted by molar-refractivity contribution is 5.98. The van der Waals surface area contributed by atoms with Crippen LogP contribution in [0, 0.1) is 0 Å². The summed E-state index contributed by atoms with van der Waals surface area (Å²) in [7, 11) is 1.52. The Morgan fingerprint density at radius 1 is 1.13 bits per heavy atom. The predicted molar refractivity (Wildman–Crippen MR) is 108 cm³/mol. The van der Waals surface area contributed by atoms with Crippen LogP contribution in [0.1, 0.15) is 12.0 Å². The Morgan fingerprint density at radius 2 is 1.97 bits per heavy atom. The number of para-hydroxylation sites is 2. The molecule has 0 bridgehead atoms. The number of esters is 1. The minimum Gasteiger partial charge on any atom is -0.497 e. The van der Waals surface area contributed by atoms with Crippen molar-refractivity contribution < 1.29 is 28.2 Å². The van der Waals surface area contributed by atoms with Gasteiger partial charge in [0.15, 0.2) is 6.61 Å². The van der Waals surface area contributed by atoms with Gasteiger partial charge in [0, 0.05) is 29.6 Å². The van der Waals surface area contributed by atoms with Gasteiger partial charge in [-0.15, -0.1) is 0 Å². The molecule has 2 aromatic carbocycles. The Balaban J connectivity index is 1.42. The number of ether oxygens (including phenoxy) is 3. The molecule has 4 rings (SSSR count). The summed E-state index contributed by atoms with van der Waals surface area (Å²) in [6.07, 6.45) is 0.00721. The average molecular weight is 409 g/mol. The molecule has 8 nitrogen and oxygen atoms in total. The fourth-order valence-corrected chi connectivity index (χ4v) is 3.29. The zero-order valence-corrected chi connectivity index (χ0v) is 16.3. The highest BCUT2D eigenvalue weighted by atomic mass is 16.5. The fraction of sp³-hybridized carbons (Fsp3) is 0.227. The number of hydrogen-bond acceptors (Lipinski definition) is 7. The zero-order valence-electron chi connectivity index (χ0n) is 16.3. The van der Waals surface area contributed by atoms with E-state index in [2.05, 4.69) is 0 Å². The Bertz CT molecular complexity index is 1170. The summed E-state index contributed by atoms with van der Waals surface area (Å²) in [5.74, 6) is 0.447. The maximum absolute atomic E-state index is 12.3. The van der Waals surface area contributed by atoms with Crippen molar-refractivity contribution >= 4 is 28.5 Å². The first-order valence-electron chi connectivity index (χ1n) is 9.34. The number of benzene rings is 2. The number of amides is 1. The molecule has 1 aliphatic rings. The normalized spacial score (nSPS) is 13.0. The maximum atomic E-state index is 12.3. The number of nitrogens with zero attached hydrogens (tertiary/aromatic N) is 1. The van der Waals surface area contributed by atoms with Crippen LogP contribution in [-0.4, -0.2) is 32.1 Å². The number of rotatable bonds is 6. The Labute approximate surface area is 171 Å². The Hall–Kier alpha value is -3.81. The first-order chi connectivity index (χ1) is 14.5. The molecular weight excluding hydrogens is 390 g/mol. The van der Waals surface area contributed by atoms with Crippen molar-refractivity contribution in [3.8, 4) is 11.5 Å². The quantitative estimate of drug-likeness (QED) is 0.456. The Kier molecular flexibility index (Phi) is 5.38. The van der Waals surface area contributed by atoms with E-state index in [0.717, 1.165) is 0 Å². The van der Waals surface area contributed by atoms with Crippen LogP contribution in [0.4, 0.5) is 5.69 Å². The van der Waals surface area contributed by atoms with Crippen LogP contribution in [0.5, 0.6) is 11.5 Å². The van der Waals surface area contributed by atoms with Gasteiger partial charge in [-0.05, 0) is 24.3 Å². The maximum Gasteiger partial charge on any atom is 0.336 e. The lowest BCUT2D eigenvalue weighted by atomic mass is 10.1. The largest absolute Gasteiger partial charge is 0.497 e. The summed E-state index contributed by atoms with van der Waals surface area (Å²) in [4.78, 5) is 37.8. The molecular formula is C22H19NO7. The predicted octanol–water partition coefficient (Wildman–Crippen LogP) is 2.66. The second kappa shape index (κ2) is 8.28. The minimum atomic E-state index is -0.544. The number of carbonyl (C=O) groups excluding carboxylic acids is 2. The van der Waals surface area contributed by atoms with E-state index in [1.54, 1.807) is 36.4 Å². The zero-order chi connectivity index (χ0) is 21.1. The van der Waals surface area contributed by atoms with Gasteiger partial charge in [0.05, 0.1) is 19.2 Å². The van der Waals surface area contributed by atoms with Gasteiger partial charge in [-0.3, -0.25) is 9.59 Å². The molecule has 1 aromatic heterocycles. The standard InChI is InChI=1S/C22H19NO7/c1-27-15-6-7-16-14(10-22(26)30-19(16)11-15)12-29-21(25)8-9-23-17-4-2-3-5-18(17)28-13-20(23)24/h2-7,10-11H,8-9,12-13H2,1H3. The molecule has 0 unspecified atom stereocenters. The fourth-order valence-electron chi connectivity index (χ4n) is 3.29. The lowest BCUT2D eigenvalue weighted by molar-refractivity contribution is -0.144. The first kappa shape index (κ1) is 19.5. The van der Waals surface area contributed by atoms with Crippen molar-refractivity contribution in [3.63, 3.8) is 0 Å². The molecule has 3 aromatic rings. The third-order valence-corrected chi connectivity index (χ3v) is 4.77. The van der Waals surface area contributed by atoms with E-state index in [0.29, 0.717) is 33.7 Å². The van der Waals surface area contributed by atoms with Crippen LogP contribution in [-0.2, 0) is 20.9 Å². The summed E-state index contributed by atoms with van der Waals surface area (Å²) < 4.78 is 21.1. The highest BCUT2D eigenvalue weighted by Gasteiger charge is 2.25. The number of anilines is 1. The van der Waals surface area contributed by atoms with Gasteiger partial charge in [-0.25, -0.2) is 4.79 Å². The summed E-state index contributed by atoms with van der Waals surface area (Å²) in [5.41, 5.74) is 0.966. The monoisotopic (exact) mass is 409 g/mol. The lowest BCUT2D eigenvalue weighted by Crippen LogP contribution is -2.40. The molecule has 1 amide bonds. The summed E-state index contributed by atoms with van der Waals surface area (Å²) in [5, 5.41) is 0.653. The first-order valence-corrected chi connectivity index (χ1v) is 9.34. The topological polar surface area (TPSA) is 95.3 Å². The molecule has 1 aliphatic heterocycles. The van der Waals surface area contributed by atoms with Gasteiger partial charge in [-0.1, -0.05) is 12.1 Å². The molecule has 0 atom stereocenters. The van der Waals surface area contributed by atoms with E-state index in [9.17, 15) is 14.4 Å². The SMILES string of the molecule is COc1ccc2c(COC(=O)CCN3C(=O)COc4ccccc43)cc(=O)oc2c1. The summed E-state index contributed by atoms with van der Waals surface area (Å²) in [6.45, 7) is 0.0229. The Morgan fingerprint density at radius 3 is 2.80 bits per heavy atom. The van der Waals surface area contributed by atoms with Gasteiger partial charge >= 0.3 is 11.6 Å². The van der Waals surface area contributed by atoms with Crippen LogP contribution >= 0.6 is 0 Å². The van der Waals surface area contributed by atoms with E-state index >= 15 is 0 Å². The minimum absolute atomic E-state index is 0.00721. The van der Waals surface area contributed by atoms with Crippen molar-refractivity contribution in [2.24, 2.45) is 0 Å². The number of methoxy groups -OCH3 is 1. The van der Waals surface area contributed by atoms with E-state index in [4.69, 9.17) is 18.6 Å². The molecule has 0 fully saturated rings. The third kappa shape index (κ3) is 3.98. The van der Waals surface area contributed by atoms with Crippen LogP contribution in [0.3, 0.4) is 0 Å². The molecule has 0 N–H and O–H groups in total. The molecule has 2 heterocycles. The van der Waals surface area contributed by atoms with Crippen LogP contribution < -0.4 is 20.0 Å². The van der Waals surface area contributed by atoms with Crippen molar-refractivity contribution in [1.82, 2.24) is 0 Å². The number of hydrogen-bond donors (Lipinski definition) is 0. The van der Waals surface area contributed by atoms with Crippen molar-refractivity contribution in [1.29, 1.82) is 0 Å². The summed E-state index contributed by atoms with van der Waals surface area (Å²) >= 11 is 0. The van der Waals surface area contributed by atoms with E-state index in [1.807, 2.05) is 6.07 Å². The second-order valence-corrected chi connectivity index (χ2v) is 6.67. The van der Waals surface area contributed by atoms with Crippen molar-refractivity contribution in [2.75, 3.05) is 25.2 Å². The molecule has 0 spiro atoms. The van der Waals surface area contributed by atoms with Gasteiger partial charge < -0.3 is 23.5 Å². The van der Waals surface area contributed by atoms with Crippen molar-refractivity contribution in [2.45, 2.75) is 13.0 Å². The van der Waals surface area contributed by atoms with E-state index in [-0.39, 0.29) is 32.1 Å². The number of carbonyl (C=O) groups is 2.